The summed E-state index contributed by atoms with van der Waals surface area (Å²) >= 11 is 0. The van der Waals surface area contributed by atoms with Crippen LogP contribution in [0.4, 0.5) is 4.39 Å². The summed E-state index contributed by atoms with van der Waals surface area (Å²) in [5.41, 5.74) is -1.38. The number of rotatable bonds is 5. The molecule has 2 heteroatoms. The molecule has 0 aromatic carbocycles. The number of hydrogen-bond acceptors (Lipinski definition) is 1. The van der Waals surface area contributed by atoms with Gasteiger partial charge in [-0.1, -0.05) is 33.6 Å². The smallest absolute Gasteiger partial charge is 0.131 e. The lowest BCUT2D eigenvalue weighted by atomic mass is 9.76. The van der Waals surface area contributed by atoms with Gasteiger partial charge >= 0.3 is 0 Å². The first kappa shape index (κ1) is 11.9. The summed E-state index contributed by atoms with van der Waals surface area (Å²) in [5, 5.41) is 8.77. The molecular weight excluding hydrogens is 155 g/mol. The van der Waals surface area contributed by atoms with E-state index in [2.05, 4.69) is 20.8 Å². The fourth-order valence-corrected chi connectivity index (χ4v) is 1.45. The second kappa shape index (κ2) is 4.22. The Morgan fingerprint density at radius 1 is 1.25 bits per heavy atom. The van der Waals surface area contributed by atoms with Crippen molar-refractivity contribution in [2.75, 3.05) is 6.61 Å². The fourth-order valence-electron chi connectivity index (χ4n) is 1.45. The molecule has 1 N–H and O–H groups in total. The summed E-state index contributed by atoms with van der Waals surface area (Å²) in [6.45, 7) is 7.30. The van der Waals surface area contributed by atoms with Gasteiger partial charge in [0.05, 0.1) is 6.61 Å². The van der Waals surface area contributed by atoms with Crippen molar-refractivity contribution in [2.24, 2.45) is 5.41 Å². The summed E-state index contributed by atoms with van der Waals surface area (Å²) in [7, 11) is 0. The quantitative estimate of drug-likeness (QED) is 0.685. The minimum atomic E-state index is -1.42. The highest BCUT2D eigenvalue weighted by Crippen LogP contribution is 2.36. The van der Waals surface area contributed by atoms with E-state index in [1.165, 1.54) is 6.92 Å². The Morgan fingerprint density at radius 2 is 1.67 bits per heavy atom. The lowest BCUT2D eigenvalue weighted by Crippen LogP contribution is -2.31. The van der Waals surface area contributed by atoms with Gasteiger partial charge in [0, 0.05) is 1.43 Å². The number of aliphatic hydroxyl groups excluding tert-OH is 1. The largest absolute Gasteiger partial charge is 0.393 e. The molecule has 1 atom stereocenters. The van der Waals surface area contributed by atoms with Gasteiger partial charge in [-0.25, -0.2) is 4.39 Å². The van der Waals surface area contributed by atoms with Crippen LogP contribution in [-0.4, -0.2) is 17.4 Å². The van der Waals surface area contributed by atoms with Crippen LogP contribution in [0, 0.1) is 5.41 Å². The second-order valence-corrected chi connectivity index (χ2v) is 4.27. The van der Waals surface area contributed by atoms with Crippen LogP contribution >= 0.6 is 0 Å². The Labute approximate surface area is 76.5 Å². The highest BCUT2D eigenvalue weighted by Gasteiger charge is 2.32. The molecule has 0 aliphatic heterocycles. The van der Waals surface area contributed by atoms with Gasteiger partial charge in [-0.2, -0.15) is 0 Å². The molecule has 0 saturated heterocycles. The third-order valence-electron chi connectivity index (χ3n) is 2.83. The summed E-state index contributed by atoms with van der Waals surface area (Å²) in [6, 6.07) is 0. The molecular formula is C10H23FO. The van der Waals surface area contributed by atoms with Crippen LogP contribution in [0.3, 0.4) is 0 Å². The van der Waals surface area contributed by atoms with Crippen LogP contribution in [0.2, 0.25) is 0 Å². The van der Waals surface area contributed by atoms with E-state index in [9.17, 15) is 4.39 Å². The van der Waals surface area contributed by atoms with E-state index < -0.39 is 5.67 Å². The molecule has 12 heavy (non-hydrogen) atoms. The number of hydrogen-bond donors (Lipinski definition) is 1. The van der Waals surface area contributed by atoms with Crippen molar-refractivity contribution in [3.8, 4) is 0 Å². The van der Waals surface area contributed by atoms with Crippen molar-refractivity contribution >= 4 is 0 Å². The maximum Gasteiger partial charge on any atom is 0.131 e. The third kappa shape index (κ3) is 3.53. The molecule has 1 nitrogen and oxygen atoms in total. The molecule has 0 bridgehead atoms. The Bertz CT molecular complexity index is 133. The first-order valence-electron chi connectivity index (χ1n) is 4.69. The monoisotopic (exact) mass is 178 g/mol. The van der Waals surface area contributed by atoms with E-state index in [0.29, 0.717) is 6.42 Å². The molecule has 0 spiro atoms. The first-order chi connectivity index (χ1) is 5.39. The molecule has 0 rings (SSSR count). The Kier molecular flexibility index (Phi) is 4.18. The first-order valence-corrected chi connectivity index (χ1v) is 4.69. The standard InChI is InChI=1S/C10H21FO.H2/c1-5-9(3,6-2)7-10(4,11)8-12;/h12H,5-8H2,1-4H3;1H. The zero-order valence-electron chi connectivity index (χ0n) is 8.65. The predicted octanol–water partition coefficient (Wildman–Crippen LogP) is 3.17. The van der Waals surface area contributed by atoms with Crippen molar-refractivity contribution in [3.63, 3.8) is 0 Å². The molecule has 0 radical (unpaired) electrons. The molecule has 0 amide bonds. The van der Waals surface area contributed by atoms with Gasteiger partial charge in [0.15, 0.2) is 0 Å². The van der Waals surface area contributed by atoms with E-state index in [1.807, 2.05) is 0 Å². The van der Waals surface area contributed by atoms with Crippen LogP contribution in [0.1, 0.15) is 48.4 Å². The Hall–Kier alpha value is -0.110. The normalized spacial score (nSPS) is 17.5. The van der Waals surface area contributed by atoms with Crippen molar-refractivity contribution in [2.45, 2.75) is 52.6 Å². The zero-order valence-corrected chi connectivity index (χ0v) is 8.65. The van der Waals surface area contributed by atoms with E-state index in [1.54, 1.807) is 0 Å². The topological polar surface area (TPSA) is 20.2 Å². The third-order valence-corrected chi connectivity index (χ3v) is 2.83. The molecule has 0 aromatic rings. The number of alkyl halides is 1. The van der Waals surface area contributed by atoms with E-state index in [0.717, 1.165) is 12.8 Å². The van der Waals surface area contributed by atoms with Crippen LogP contribution in [0.5, 0.6) is 0 Å². The molecule has 0 aliphatic carbocycles. The van der Waals surface area contributed by atoms with Crippen LogP contribution < -0.4 is 0 Å². The van der Waals surface area contributed by atoms with Crippen LogP contribution in [0.25, 0.3) is 0 Å². The average molecular weight is 178 g/mol. The van der Waals surface area contributed by atoms with Gasteiger partial charge in [0.25, 0.3) is 0 Å². The molecule has 0 fully saturated rings. The molecule has 0 aliphatic rings. The van der Waals surface area contributed by atoms with Gasteiger partial charge in [-0.05, 0) is 18.8 Å². The predicted molar refractivity (Wildman–Crippen MR) is 52.0 cm³/mol. The van der Waals surface area contributed by atoms with E-state index in [4.69, 9.17) is 5.11 Å². The van der Waals surface area contributed by atoms with Crippen molar-refractivity contribution < 1.29 is 10.9 Å². The number of halogens is 1. The lowest BCUT2D eigenvalue weighted by molar-refractivity contribution is 0.0358. The highest BCUT2D eigenvalue weighted by atomic mass is 19.1. The number of aliphatic hydroxyl groups is 1. The van der Waals surface area contributed by atoms with Crippen LogP contribution in [-0.2, 0) is 0 Å². The van der Waals surface area contributed by atoms with Crippen LogP contribution in [0.15, 0.2) is 0 Å². The Morgan fingerprint density at radius 3 is 1.92 bits per heavy atom. The van der Waals surface area contributed by atoms with Crippen molar-refractivity contribution in [3.05, 3.63) is 0 Å². The molecule has 0 aromatic heterocycles. The zero-order chi connectivity index (χ0) is 9.83. The van der Waals surface area contributed by atoms with E-state index >= 15 is 0 Å². The Balaban J connectivity index is 0. The van der Waals surface area contributed by atoms with Crippen molar-refractivity contribution in [1.82, 2.24) is 0 Å². The summed E-state index contributed by atoms with van der Waals surface area (Å²) < 4.78 is 13.4. The summed E-state index contributed by atoms with van der Waals surface area (Å²) in [5.74, 6) is 0. The maximum absolute atomic E-state index is 13.4. The lowest BCUT2D eigenvalue weighted by Gasteiger charge is -2.32. The van der Waals surface area contributed by atoms with Gasteiger partial charge < -0.3 is 5.11 Å². The van der Waals surface area contributed by atoms with Gasteiger partial charge in [-0.3, -0.25) is 0 Å². The van der Waals surface area contributed by atoms with Gasteiger partial charge in [0.2, 0.25) is 0 Å². The maximum atomic E-state index is 13.4. The minimum absolute atomic E-state index is 0. The van der Waals surface area contributed by atoms with Gasteiger partial charge in [-0.15, -0.1) is 0 Å². The van der Waals surface area contributed by atoms with E-state index in [-0.39, 0.29) is 13.4 Å². The minimum Gasteiger partial charge on any atom is -0.393 e. The molecule has 0 saturated carbocycles. The van der Waals surface area contributed by atoms with Gasteiger partial charge in [0.1, 0.15) is 5.67 Å². The second-order valence-electron chi connectivity index (χ2n) is 4.27. The summed E-state index contributed by atoms with van der Waals surface area (Å²) in [6.07, 6.45) is 2.37. The molecule has 76 valence electrons. The fraction of sp³-hybridized carbons (Fsp3) is 1.00. The summed E-state index contributed by atoms with van der Waals surface area (Å²) in [4.78, 5) is 0. The highest BCUT2D eigenvalue weighted by molar-refractivity contribution is 4.82. The average Bonchev–Trinajstić information content (AvgIpc) is 2.04. The molecule has 1 unspecified atom stereocenters. The SMILES string of the molecule is CCC(C)(CC)CC(C)(F)CO.[HH]. The van der Waals surface area contributed by atoms with Crippen molar-refractivity contribution in [1.29, 1.82) is 0 Å². The molecule has 0 heterocycles.